The Morgan fingerprint density at radius 3 is 2.07 bits per heavy atom. The molecule has 0 aliphatic heterocycles. The van der Waals surface area contributed by atoms with Crippen molar-refractivity contribution in [3.63, 3.8) is 0 Å². The summed E-state index contributed by atoms with van der Waals surface area (Å²) in [5, 5.41) is 4.93. The van der Waals surface area contributed by atoms with Crippen molar-refractivity contribution < 1.29 is 53.9 Å². The van der Waals surface area contributed by atoms with Crippen LogP contribution in [0.15, 0.2) is 82.6 Å². The third kappa shape index (κ3) is 11.8. The Balaban J connectivity index is 0.000000241. The molecule has 1 aromatic heterocycles. The number of carbonyl (C=O) groups excluding carboxylic acids is 3. The van der Waals surface area contributed by atoms with Crippen LogP contribution in [-0.4, -0.2) is 76.1 Å². The monoisotopic (exact) mass is 793 g/mol. The Morgan fingerprint density at radius 2 is 1.44 bits per heavy atom. The number of sulfonamides is 2. The SMILES string of the molecule is COc1ccccc1C(=O)NS(=O)(=O)c1ccc(C(=O)NC2CC2)cc1.COc1nc(C)nc(NC(=O)NS(=O)(=O)c2ccccc2CCC(F)(F)F)n1. The molecule has 0 saturated heterocycles. The van der Waals surface area contributed by atoms with E-state index in [4.69, 9.17) is 9.47 Å². The topological polar surface area (TPSA) is 225 Å². The van der Waals surface area contributed by atoms with Gasteiger partial charge in [-0.1, -0.05) is 30.3 Å². The average Bonchev–Trinajstić information content (AvgIpc) is 3.94. The first-order valence-electron chi connectivity index (χ1n) is 15.8. The van der Waals surface area contributed by atoms with E-state index in [1.807, 2.05) is 4.72 Å². The van der Waals surface area contributed by atoms with Gasteiger partial charge >= 0.3 is 18.2 Å². The van der Waals surface area contributed by atoms with E-state index >= 15 is 0 Å². The molecular weight excluding hydrogens is 760 g/mol. The lowest BCUT2D eigenvalue weighted by Gasteiger charge is -2.13. The molecule has 54 heavy (non-hydrogen) atoms. The van der Waals surface area contributed by atoms with Gasteiger partial charge < -0.3 is 14.8 Å². The van der Waals surface area contributed by atoms with Gasteiger partial charge in [0.25, 0.3) is 31.9 Å². The van der Waals surface area contributed by atoms with E-state index < -0.39 is 55.9 Å². The second-order valence-corrected chi connectivity index (χ2v) is 14.7. The summed E-state index contributed by atoms with van der Waals surface area (Å²) >= 11 is 0. The molecule has 1 aliphatic rings. The fourth-order valence-electron chi connectivity index (χ4n) is 4.51. The molecule has 1 saturated carbocycles. The summed E-state index contributed by atoms with van der Waals surface area (Å²) < 4.78 is 101. The van der Waals surface area contributed by atoms with Crippen LogP contribution in [0, 0.1) is 6.92 Å². The average molecular weight is 794 g/mol. The number of aryl methyl sites for hydroxylation is 2. The number of hydrogen-bond donors (Lipinski definition) is 4. The minimum atomic E-state index is -4.45. The molecule has 0 spiro atoms. The number of hydrogen-bond acceptors (Lipinski definition) is 12. The number of rotatable bonds is 12. The van der Waals surface area contributed by atoms with Gasteiger partial charge in [0.15, 0.2) is 0 Å². The molecule has 0 radical (unpaired) electrons. The van der Waals surface area contributed by atoms with Crippen molar-refractivity contribution in [1.82, 2.24) is 29.7 Å². The van der Waals surface area contributed by atoms with Gasteiger partial charge in [0.2, 0.25) is 5.95 Å². The maximum atomic E-state index is 12.5. The summed E-state index contributed by atoms with van der Waals surface area (Å²) in [5.74, 6) is -0.815. The lowest BCUT2D eigenvalue weighted by molar-refractivity contribution is -0.134. The second-order valence-electron chi connectivity index (χ2n) is 11.4. The van der Waals surface area contributed by atoms with Crippen LogP contribution in [0.2, 0.25) is 0 Å². The molecule has 5 rings (SSSR count). The number of methoxy groups -OCH3 is 2. The summed E-state index contributed by atoms with van der Waals surface area (Å²) in [6.07, 6.45) is -4.26. The smallest absolute Gasteiger partial charge is 0.389 e. The van der Waals surface area contributed by atoms with E-state index in [1.165, 1.54) is 69.7 Å². The first kappa shape index (κ1) is 40.9. The Labute approximate surface area is 308 Å². The van der Waals surface area contributed by atoms with Crippen molar-refractivity contribution in [3.8, 4) is 11.8 Å². The molecule has 21 heteroatoms. The van der Waals surface area contributed by atoms with E-state index in [9.17, 15) is 44.4 Å². The lowest BCUT2D eigenvalue weighted by atomic mass is 10.1. The normalized spacial score (nSPS) is 12.7. The Bertz CT molecular complexity index is 2220. The van der Waals surface area contributed by atoms with Gasteiger partial charge in [-0.05, 0) is 74.2 Å². The van der Waals surface area contributed by atoms with Gasteiger partial charge in [-0.15, -0.1) is 0 Å². The van der Waals surface area contributed by atoms with Crippen LogP contribution in [0.5, 0.6) is 11.8 Å². The quantitative estimate of drug-likeness (QED) is 0.160. The number of para-hydroxylation sites is 1. The second kappa shape index (κ2) is 17.3. The Morgan fingerprint density at radius 1 is 0.796 bits per heavy atom. The molecule has 1 fully saturated rings. The molecule has 0 atom stereocenters. The molecule has 1 aliphatic carbocycles. The first-order chi connectivity index (χ1) is 25.4. The summed E-state index contributed by atoms with van der Waals surface area (Å²) in [4.78, 5) is 47.1. The van der Waals surface area contributed by atoms with Crippen LogP contribution in [0.25, 0.3) is 0 Å². The molecule has 3 aromatic carbocycles. The van der Waals surface area contributed by atoms with Gasteiger partial charge in [0.1, 0.15) is 11.6 Å². The number of carbonyl (C=O) groups is 3. The number of aromatic nitrogens is 3. The number of benzene rings is 3. The number of urea groups is 1. The van der Waals surface area contributed by atoms with E-state index in [2.05, 4.69) is 25.6 Å². The highest BCUT2D eigenvalue weighted by atomic mass is 32.2. The molecule has 1 heterocycles. The van der Waals surface area contributed by atoms with Crippen molar-refractivity contribution >= 4 is 43.8 Å². The van der Waals surface area contributed by atoms with Crippen molar-refractivity contribution in [2.45, 2.75) is 54.6 Å². The third-order valence-corrected chi connectivity index (χ3v) is 10.00. The zero-order chi connectivity index (χ0) is 39.7. The Hall–Kier alpha value is -5.83. The molecule has 4 aromatic rings. The standard InChI is InChI=1S/C18H18N2O5S.C15H16F3N5O4S/c1-25-16-5-3-2-4-15(16)18(22)20-26(23,24)14-10-6-12(7-11-14)17(21)19-13-8-9-13;1-9-19-12(22-14(20-9)27-2)21-13(24)23-28(25,26)11-6-4-3-5-10(11)7-8-15(16,17)18/h2-7,10-11,13H,8-9H2,1H3,(H,19,21)(H,20,22);3-6H,7-8H2,1-2H3,(H2,19,20,21,22,23,24). The van der Waals surface area contributed by atoms with Crippen LogP contribution in [-0.2, 0) is 26.5 Å². The maximum Gasteiger partial charge on any atom is 0.389 e. The van der Waals surface area contributed by atoms with Gasteiger partial charge in [-0.3, -0.25) is 14.9 Å². The van der Waals surface area contributed by atoms with E-state index in [0.717, 1.165) is 18.9 Å². The van der Waals surface area contributed by atoms with Crippen LogP contribution in [0.1, 0.15) is 51.4 Å². The van der Waals surface area contributed by atoms with Gasteiger partial charge in [0.05, 0.1) is 29.6 Å². The van der Waals surface area contributed by atoms with Crippen molar-refractivity contribution in [3.05, 3.63) is 95.3 Å². The van der Waals surface area contributed by atoms with Gasteiger partial charge in [0, 0.05) is 18.0 Å². The summed E-state index contributed by atoms with van der Waals surface area (Å²) in [5.41, 5.74) is 0.406. The van der Waals surface area contributed by atoms with Gasteiger partial charge in [-0.2, -0.15) is 28.1 Å². The fourth-order valence-corrected chi connectivity index (χ4v) is 6.65. The number of amides is 4. The molecule has 288 valence electrons. The van der Waals surface area contributed by atoms with Crippen LogP contribution < -0.4 is 29.6 Å². The number of halogens is 3. The minimum absolute atomic E-state index is 0.0715. The number of ether oxygens (including phenoxy) is 2. The number of nitrogens with zero attached hydrogens (tertiary/aromatic N) is 3. The molecule has 0 unspecified atom stereocenters. The molecule has 4 N–H and O–H groups in total. The first-order valence-corrected chi connectivity index (χ1v) is 18.7. The fraction of sp³-hybridized carbons (Fsp3) is 0.273. The van der Waals surface area contributed by atoms with Crippen molar-refractivity contribution in [1.29, 1.82) is 0 Å². The third-order valence-electron chi connectivity index (χ3n) is 7.22. The summed E-state index contributed by atoms with van der Waals surface area (Å²) in [6, 6.07) is 15.8. The zero-order valence-corrected chi connectivity index (χ0v) is 30.4. The molecule has 4 amide bonds. The predicted octanol–water partition coefficient (Wildman–Crippen LogP) is 3.90. The number of alkyl halides is 3. The highest BCUT2D eigenvalue weighted by Gasteiger charge is 2.29. The summed E-state index contributed by atoms with van der Waals surface area (Å²) in [6.45, 7) is 1.50. The Kier molecular flexibility index (Phi) is 13.1. The van der Waals surface area contributed by atoms with E-state index in [0.29, 0.717) is 5.56 Å². The van der Waals surface area contributed by atoms with Gasteiger partial charge in [-0.25, -0.2) is 31.1 Å². The van der Waals surface area contributed by atoms with E-state index in [1.54, 1.807) is 22.9 Å². The minimum Gasteiger partial charge on any atom is -0.496 e. The van der Waals surface area contributed by atoms with Crippen molar-refractivity contribution in [2.75, 3.05) is 19.5 Å². The molecular formula is C33H34F3N7O9S2. The molecule has 0 bridgehead atoms. The highest BCUT2D eigenvalue weighted by molar-refractivity contribution is 7.90. The van der Waals surface area contributed by atoms with Crippen molar-refractivity contribution in [2.24, 2.45) is 0 Å². The van der Waals surface area contributed by atoms with E-state index in [-0.39, 0.29) is 51.5 Å². The zero-order valence-electron chi connectivity index (χ0n) is 28.8. The largest absolute Gasteiger partial charge is 0.496 e. The number of nitrogens with one attached hydrogen (secondary N) is 4. The highest BCUT2D eigenvalue weighted by Crippen LogP contribution is 2.25. The lowest BCUT2D eigenvalue weighted by Crippen LogP contribution is -2.35. The van der Waals surface area contributed by atoms with Crippen LogP contribution in [0.4, 0.5) is 23.9 Å². The molecule has 16 nitrogen and oxygen atoms in total. The number of anilines is 1. The maximum absolute atomic E-state index is 12.5. The summed E-state index contributed by atoms with van der Waals surface area (Å²) in [7, 11) is -5.82. The van der Waals surface area contributed by atoms with Crippen LogP contribution in [0.3, 0.4) is 0 Å². The van der Waals surface area contributed by atoms with Crippen LogP contribution >= 0.6 is 0 Å². The predicted molar refractivity (Wildman–Crippen MR) is 186 cm³/mol.